The van der Waals surface area contributed by atoms with E-state index in [1.807, 2.05) is 25.2 Å². The monoisotopic (exact) mass is 288 g/mol. The number of hydrogen-bond acceptors (Lipinski definition) is 4. The Morgan fingerprint density at radius 2 is 2.00 bits per heavy atom. The van der Waals surface area contributed by atoms with Gasteiger partial charge in [0.25, 0.3) is 0 Å². The van der Waals surface area contributed by atoms with Crippen molar-refractivity contribution in [3.63, 3.8) is 0 Å². The summed E-state index contributed by atoms with van der Waals surface area (Å²) in [6.45, 7) is 1.83. The van der Waals surface area contributed by atoms with Crippen LogP contribution in [0.2, 0.25) is 5.02 Å². The molecule has 2 rings (SSSR count). The predicted molar refractivity (Wildman–Crippen MR) is 75.1 cm³/mol. The van der Waals surface area contributed by atoms with Crippen molar-refractivity contribution in [1.29, 1.82) is 0 Å². The van der Waals surface area contributed by atoms with Gasteiger partial charge >= 0.3 is 0 Å². The van der Waals surface area contributed by atoms with Gasteiger partial charge < -0.3 is 10.2 Å². The zero-order chi connectivity index (χ0) is 13.2. The average Bonchev–Trinajstić information content (AvgIpc) is 2.32. The second-order valence-corrected chi connectivity index (χ2v) is 7.18. The van der Waals surface area contributed by atoms with Crippen molar-refractivity contribution in [3.05, 3.63) is 28.8 Å². The van der Waals surface area contributed by atoms with Crippen LogP contribution >= 0.6 is 11.6 Å². The maximum absolute atomic E-state index is 11.4. The summed E-state index contributed by atoms with van der Waals surface area (Å²) >= 11 is 6.03. The molecule has 4 nitrogen and oxygen atoms in total. The fraction of sp³-hybridized carbons (Fsp3) is 0.500. The van der Waals surface area contributed by atoms with Gasteiger partial charge in [-0.25, -0.2) is 8.42 Å². The molecular formula is C12H17ClN2O2S. The van der Waals surface area contributed by atoms with E-state index in [9.17, 15) is 8.42 Å². The molecule has 0 bridgehead atoms. The van der Waals surface area contributed by atoms with Crippen LogP contribution in [0.1, 0.15) is 5.56 Å². The van der Waals surface area contributed by atoms with E-state index in [2.05, 4.69) is 10.2 Å². The molecule has 0 aliphatic carbocycles. The molecule has 1 aromatic rings. The summed E-state index contributed by atoms with van der Waals surface area (Å²) in [5.41, 5.74) is 2.17. The fourth-order valence-corrected chi connectivity index (χ4v) is 3.49. The molecule has 1 aliphatic rings. The Labute approximate surface area is 113 Å². The summed E-state index contributed by atoms with van der Waals surface area (Å²) in [5, 5.41) is 3.79. The molecule has 1 fully saturated rings. The van der Waals surface area contributed by atoms with E-state index >= 15 is 0 Å². The molecule has 6 heteroatoms. The van der Waals surface area contributed by atoms with Crippen molar-refractivity contribution < 1.29 is 8.42 Å². The first-order valence-electron chi connectivity index (χ1n) is 5.90. The number of hydrogen-bond donors (Lipinski definition) is 1. The number of anilines is 1. The lowest BCUT2D eigenvalue weighted by Gasteiger charge is -2.30. The van der Waals surface area contributed by atoms with Gasteiger partial charge in [-0.1, -0.05) is 17.7 Å². The summed E-state index contributed by atoms with van der Waals surface area (Å²) in [6.07, 6.45) is 0. The summed E-state index contributed by atoms with van der Waals surface area (Å²) in [7, 11) is -0.961. The first-order chi connectivity index (χ1) is 8.52. The van der Waals surface area contributed by atoms with Crippen molar-refractivity contribution in [1.82, 2.24) is 5.32 Å². The summed E-state index contributed by atoms with van der Waals surface area (Å²) < 4.78 is 22.9. The van der Waals surface area contributed by atoms with Crippen LogP contribution in [0.5, 0.6) is 0 Å². The van der Waals surface area contributed by atoms with Crippen molar-refractivity contribution in [3.8, 4) is 0 Å². The van der Waals surface area contributed by atoms with E-state index in [0.29, 0.717) is 18.1 Å². The largest absolute Gasteiger partial charge is 0.369 e. The van der Waals surface area contributed by atoms with Gasteiger partial charge in [-0.3, -0.25) is 0 Å². The van der Waals surface area contributed by atoms with E-state index in [1.165, 1.54) is 0 Å². The van der Waals surface area contributed by atoms with Crippen LogP contribution in [-0.4, -0.2) is 40.1 Å². The van der Waals surface area contributed by atoms with E-state index in [-0.39, 0.29) is 11.5 Å². The second-order valence-electron chi connectivity index (χ2n) is 4.44. The Bertz CT molecular complexity index is 517. The SMILES string of the molecule is CNCc1ccc(Cl)cc1N1CCS(=O)(=O)CC1. The molecule has 1 N–H and O–H groups in total. The van der Waals surface area contributed by atoms with Gasteiger partial charge in [0.15, 0.2) is 9.84 Å². The smallest absolute Gasteiger partial charge is 0.153 e. The number of rotatable bonds is 3. The fourth-order valence-electron chi connectivity index (χ4n) is 2.12. The van der Waals surface area contributed by atoms with Crippen LogP contribution in [-0.2, 0) is 16.4 Å². The average molecular weight is 289 g/mol. The lowest BCUT2D eigenvalue weighted by atomic mass is 10.1. The number of halogens is 1. The van der Waals surface area contributed by atoms with Crippen LogP contribution in [0, 0.1) is 0 Å². The van der Waals surface area contributed by atoms with Gasteiger partial charge in [0, 0.05) is 30.3 Å². The highest BCUT2D eigenvalue weighted by molar-refractivity contribution is 7.91. The topological polar surface area (TPSA) is 49.4 Å². The quantitative estimate of drug-likeness (QED) is 0.911. The first-order valence-corrected chi connectivity index (χ1v) is 8.10. The van der Waals surface area contributed by atoms with Crippen molar-refractivity contribution in [2.45, 2.75) is 6.54 Å². The first kappa shape index (κ1) is 13.6. The molecule has 0 unspecified atom stereocenters. The third-order valence-corrected chi connectivity index (χ3v) is 4.94. The van der Waals surface area contributed by atoms with Crippen LogP contribution in [0.3, 0.4) is 0 Å². The summed E-state index contributed by atoms with van der Waals surface area (Å²) in [5.74, 6) is 0.441. The maximum atomic E-state index is 11.4. The summed E-state index contributed by atoms with van der Waals surface area (Å²) in [6, 6.07) is 5.75. The Morgan fingerprint density at radius 3 is 2.61 bits per heavy atom. The van der Waals surface area contributed by atoms with Gasteiger partial charge in [0.1, 0.15) is 0 Å². The molecule has 100 valence electrons. The van der Waals surface area contributed by atoms with E-state index in [0.717, 1.165) is 17.8 Å². The maximum Gasteiger partial charge on any atom is 0.153 e. The predicted octanol–water partition coefficient (Wildman–Crippen LogP) is 1.29. The molecule has 1 heterocycles. The van der Waals surface area contributed by atoms with E-state index in [1.54, 1.807) is 0 Å². The zero-order valence-corrected chi connectivity index (χ0v) is 11.9. The Balaban J connectivity index is 2.24. The normalized spacial score (nSPS) is 18.9. The molecule has 0 saturated carbocycles. The molecule has 0 amide bonds. The second kappa shape index (κ2) is 5.47. The highest BCUT2D eigenvalue weighted by atomic mass is 35.5. The lowest BCUT2D eigenvalue weighted by molar-refractivity contribution is 0.586. The van der Waals surface area contributed by atoms with Crippen LogP contribution in [0.25, 0.3) is 0 Å². The highest BCUT2D eigenvalue weighted by Crippen LogP contribution is 2.26. The third kappa shape index (κ3) is 3.16. The molecular weight excluding hydrogens is 272 g/mol. The lowest BCUT2D eigenvalue weighted by Crippen LogP contribution is -2.40. The van der Waals surface area contributed by atoms with Gasteiger partial charge in [-0.05, 0) is 24.7 Å². The molecule has 1 aliphatic heterocycles. The molecule has 1 aromatic carbocycles. The minimum atomic E-state index is -2.85. The van der Waals surface area contributed by atoms with Gasteiger partial charge in [-0.2, -0.15) is 0 Å². The molecule has 1 saturated heterocycles. The Hall–Kier alpha value is -0.780. The number of benzene rings is 1. The Morgan fingerprint density at radius 1 is 1.33 bits per heavy atom. The molecule has 0 radical (unpaired) electrons. The highest BCUT2D eigenvalue weighted by Gasteiger charge is 2.23. The van der Waals surface area contributed by atoms with Gasteiger partial charge in [0.05, 0.1) is 11.5 Å². The van der Waals surface area contributed by atoms with E-state index in [4.69, 9.17) is 11.6 Å². The number of nitrogens with zero attached hydrogens (tertiary/aromatic N) is 1. The van der Waals surface area contributed by atoms with E-state index < -0.39 is 9.84 Å². The Kier molecular flexibility index (Phi) is 4.14. The minimum absolute atomic E-state index is 0.221. The van der Waals surface area contributed by atoms with Crippen LogP contribution in [0.15, 0.2) is 18.2 Å². The zero-order valence-electron chi connectivity index (χ0n) is 10.3. The molecule has 0 spiro atoms. The van der Waals surface area contributed by atoms with Gasteiger partial charge in [0.2, 0.25) is 0 Å². The van der Waals surface area contributed by atoms with Crippen molar-refractivity contribution >= 4 is 27.1 Å². The third-order valence-electron chi connectivity index (χ3n) is 3.10. The van der Waals surface area contributed by atoms with Crippen LogP contribution < -0.4 is 10.2 Å². The number of sulfone groups is 1. The molecule has 0 aromatic heterocycles. The molecule has 0 atom stereocenters. The van der Waals surface area contributed by atoms with Crippen LogP contribution in [0.4, 0.5) is 5.69 Å². The summed E-state index contributed by atoms with van der Waals surface area (Å²) in [4.78, 5) is 2.10. The minimum Gasteiger partial charge on any atom is -0.369 e. The molecule has 18 heavy (non-hydrogen) atoms. The standard InChI is InChI=1S/C12H17ClN2O2S/c1-14-9-10-2-3-11(13)8-12(10)15-4-6-18(16,17)7-5-15/h2-3,8,14H,4-7,9H2,1H3. The van der Waals surface area contributed by atoms with Gasteiger partial charge in [-0.15, -0.1) is 0 Å². The number of nitrogens with one attached hydrogen (secondary N) is 1. The van der Waals surface area contributed by atoms with Crippen molar-refractivity contribution in [2.75, 3.05) is 36.5 Å². The van der Waals surface area contributed by atoms with Crippen molar-refractivity contribution in [2.24, 2.45) is 0 Å².